The molecule has 0 bridgehead atoms. The van der Waals surface area contributed by atoms with Crippen LogP contribution >= 0.6 is 11.6 Å². The summed E-state index contributed by atoms with van der Waals surface area (Å²) in [6.45, 7) is 0. The summed E-state index contributed by atoms with van der Waals surface area (Å²) in [5, 5.41) is 13.5. The third kappa shape index (κ3) is 3.46. The van der Waals surface area contributed by atoms with Crippen molar-refractivity contribution in [2.75, 3.05) is 5.32 Å². The number of hydrogen-bond acceptors (Lipinski definition) is 4. The van der Waals surface area contributed by atoms with E-state index in [2.05, 4.69) is 5.32 Å². The molecule has 1 fully saturated rings. The van der Waals surface area contributed by atoms with Crippen LogP contribution in [0.15, 0.2) is 18.2 Å². The number of carbonyl (C=O) groups excluding carboxylic acids is 1. The third-order valence-electron chi connectivity index (χ3n) is 3.51. The molecule has 7 heteroatoms. The van der Waals surface area contributed by atoms with Gasteiger partial charge in [-0.2, -0.15) is 0 Å². The van der Waals surface area contributed by atoms with Gasteiger partial charge in [-0.1, -0.05) is 18.0 Å². The lowest BCUT2D eigenvalue weighted by Gasteiger charge is -2.25. The normalized spacial score (nSPS) is 22.3. The average Bonchev–Trinajstić information content (AvgIpc) is 2.40. The fourth-order valence-electron chi connectivity index (χ4n) is 2.42. The summed E-state index contributed by atoms with van der Waals surface area (Å²) >= 11 is 5.94. The largest absolute Gasteiger partial charge is 0.328 e. The Bertz CT molecular complexity index is 536. The number of nitro benzene ring substituents is 1. The minimum Gasteiger partial charge on any atom is -0.328 e. The van der Waals surface area contributed by atoms with Crippen LogP contribution in [0, 0.1) is 16.0 Å². The van der Waals surface area contributed by atoms with Crippen LogP contribution in [0.3, 0.4) is 0 Å². The molecular formula is C13H16ClN3O3. The lowest BCUT2D eigenvalue weighted by atomic mass is 9.85. The number of halogens is 1. The second kappa shape index (κ2) is 6.19. The molecule has 1 aliphatic carbocycles. The van der Waals surface area contributed by atoms with E-state index < -0.39 is 4.92 Å². The van der Waals surface area contributed by atoms with Crippen molar-refractivity contribution in [1.29, 1.82) is 0 Å². The Morgan fingerprint density at radius 1 is 1.45 bits per heavy atom. The molecule has 1 aromatic rings. The SMILES string of the molecule is NC1CCCC(C(=O)Nc2ccc([N+](=O)[O-])cc2Cl)C1. The fourth-order valence-corrected chi connectivity index (χ4v) is 2.64. The van der Waals surface area contributed by atoms with Crippen LogP contribution in [-0.2, 0) is 4.79 Å². The summed E-state index contributed by atoms with van der Waals surface area (Å²) in [6.07, 6.45) is 3.36. The predicted molar refractivity (Wildman–Crippen MR) is 76.7 cm³/mol. The highest BCUT2D eigenvalue weighted by atomic mass is 35.5. The molecule has 2 rings (SSSR count). The first-order valence-electron chi connectivity index (χ1n) is 6.47. The van der Waals surface area contributed by atoms with Gasteiger partial charge in [-0.15, -0.1) is 0 Å². The summed E-state index contributed by atoms with van der Waals surface area (Å²) in [5.41, 5.74) is 6.14. The van der Waals surface area contributed by atoms with E-state index in [-0.39, 0.29) is 28.6 Å². The highest BCUT2D eigenvalue weighted by Crippen LogP contribution is 2.29. The molecule has 1 aliphatic rings. The number of nitrogens with zero attached hydrogens (tertiary/aromatic N) is 1. The number of amides is 1. The number of hydrogen-bond donors (Lipinski definition) is 2. The topological polar surface area (TPSA) is 98.3 Å². The van der Waals surface area contributed by atoms with Crippen molar-refractivity contribution < 1.29 is 9.72 Å². The average molecular weight is 298 g/mol. The van der Waals surface area contributed by atoms with Crippen molar-refractivity contribution >= 4 is 28.9 Å². The van der Waals surface area contributed by atoms with E-state index in [0.717, 1.165) is 19.3 Å². The van der Waals surface area contributed by atoms with Gasteiger partial charge in [-0.05, 0) is 25.3 Å². The predicted octanol–water partition coefficient (Wildman–Crippen LogP) is 2.70. The molecule has 6 nitrogen and oxygen atoms in total. The first kappa shape index (κ1) is 14.7. The van der Waals surface area contributed by atoms with Gasteiger partial charge < -0.3 is 11.1 Å². The quantitative estimate of drug-likeness (QED) is 0.662. The van der Waals surface area contributed by atoms with Crippen LogP contribution in [0.1, 0.15) is 25.7 Å². The smallest absolute Gasteiger partial charge is 0.271 e. The zero-order valence-electron chi connectivity index (χ0n) is 10.8. The molecule has 0 saturated heterocycles. The Hall–Kier alpha value is -1.66. The molecule has 2 unspecified atom stereocenters. The third-order valence-corrected chi connectivity index (χ3v) is 3.82. The van der Waals surface area contributed by atoms with Crippen molar-refractivity contribution in [3.05, 3.63) is 33.3 Å². The molecule has 2 atom stereocenters. The number of nitro groups is 1. The van der Waals surface area contributed by atoms with E-state index in [0.29, 0.717) is 12.1 Å². The molecule has 108 valence electrons. The van der Waals surface area contributed by atoms with Crippen molar-refractivity contribution in [1.82, 2.24) is 0 Å². The molecule has 0 radical (unpaired) electrons. The van der Waals surface area contributed by atoms with Crippen LogP contribution in [0.4, 0.5) is 11.4 Å². The lowest BCUT2D eigenvalue weighted by Crippen LogP contribution is -2.34. The molecule has 1 aromatic carbocycles. The first-order chi connectivity index (χ1) is 9.47. The number of rotatable bonds is 3. The van der Waals surface area contributed by atoms with E-state index in [4.69, 9.17) is 17.3 Å². The molecule has 1 saturated carbocycles. The highest BCUT2D eigenvalue weighted by Gasteiger charge is 2.25. The van der Waals surface area contributed by atoms with Gasteiger partial charge in [-0.3, -0.25) is 14.9 Å². The zero-order valence-corrected chi connectivity index (χ0v) is 11.6. The van der Waals surface area contributed by atoms with Gasteiger partial charge in [-0.25, -0.2) is 0 Å². The van der Waals surface area contributed by atoms with Crippen molar-refractivity contribution in [2.24, 2.45) is 11.7 Å². The molecular weight excluding hydrogens is 282 g/mol. The second-order valence-corrected chi connectivity index (χ2v) is 5.44. The molecule has 0 heterocycles. The van der Waals surface area contributed by atoms with Crippen LogP contribution in [0.25, 0.3) is 0 Å². The van der Waals surface area contributed by atoms with Gasteiger partial charge in [0.25, 0.3) is 5.69 Å². The Kier molecular flexibility index (Phi) is 4.57. The number of anilines is 1. The van der Waals surface area contributed by atoms with Gasteiger partial charge in [0.05, 0.1) is 15.6 Å². The summed E-state index contributed by atoms with van der Waals surface area (Å²) < 4.78 is 0. The van der Waals surface area contributed by atoms with Gasteiger partial charge >= 0.3 is 0 Å². The molecule has 1 amide bonds. The van der Waals surface area contributed by atoms with Crippen molar-refractivity contribution in [3.8, 4) is 0 Å². The Morgan fingerprint density at radius 2 is 2.20 bits per heavy atom. The van der Waals surface area contributed by atoms with Gasteiger partial charge in [0.15, 0.2) is 0 Å². The van der Waals surface area contributed by atoms with E-state index in [9.17, 15) is 14.9 Å². The summed E-state index contributed by atoms with van der Waals surface area (Å²) in [5.74, 6) is -0.249. The van der Waals surface area contributed by atoms with E-state index in [1.165, 1.54) is 18.2 Å². The number of non-ortho nitro benzene ring substituents is 1. The minimum absolute atomic E-state index is 0.0619. The summed E-state index contributed by atoms with van der Waals surface area (Å²) in [4.78, 5) is 22.2. The molecule has 0 aromatic heterocycles. The molecule has 20 heavy (non-hydrogen) atoms. The van der Waals surface area contributed by atoms with Crippen LogP contribution in [0.5, 0.6) is 0 Å². The number of benzene rings is 1. The van der Waals surface area contributed by atoms with E-state index in [1.54, 1.807) is 0 Å². The molecule has 0 spiro atoms. The van der Waals surface area contributed by atoms with Gasteiger partial charge in [0, 0.05) is 24.1 Å². The zero-order chi connectivity index (χ0) is 14.7. The van der Waals surface area contributed by atoms with E-state index >= 15 is 0 Å². The number of carbonyl (C=O) groups is 1. The summed E-state index contributed by atoms with van der Waals surface area (Å²) in [7, 11) is 0. The molecule has 3 N–H and O–H groups in total. The van der Waals surface area contributed by atoms with Crippen LogP contribution < -0.4 is 11.1 Å². The Labute approximate surface area is 121 Å². The standard InChI is InChI=1S/C13H16ClN3O3/c14-11-7-10(17(19)20)4-5-12(11)16-13(18)8-2-1-3-9(15)6-8/h4-5,7-9H,1-3,6,15H2,(H,16,18). The maximum absolute atomic E-state index is 12.1. The monoisotopic (exact) mass is 297 g/mol. The van der Waals surface area contributed by atoms with E-state index in [1.807, 2.05) is 0 Å². The first-order valence-corrected chi connectivity index (χ1v) is 6.85. The Balaban J connectivity index is 2.06. The fraction of sp³-hybridized carbons (Fsp3) is 0.462. The van der Waals surface area contributed by atoms with Gasteiger partial charge in [0.2, 0.25) is 5.91 Å². The number of nitrogens with one attached hydrogen (secondary N) is 1. The van der Waals surface area contributed by atoms with Crippen LogP contribution in [0.2, 0.25) is 5.02 Å². The summed E-state index contributed by atoms with van der Waals surface area (Å²) in [6, 6.07) is 4.05. The van der Waals surface area contributed by atoms with Gasteiger partial charge in [0.1, 0.15) is 0 Å². The maximum atomic E-state index is 12.1. The molecule has 0 aliphatic heterocycles. The second-order valence-electron chi connectivity index (χ2n) is 5.03. The van der Waals surface area contributed by atoms with Crippen LogP contribution in [-0.4, -0.2) is 16.9 Å². The maximum Gasteiger partial charge on any atom is 0.271 e. The van der Waals surface area contributed by atoms with Crippen molar-refractivity contribution in [3.63, 3.8) is 0 Å². The minimum atomic E-state index is -0.530. The lowest BCUT2D eigenvalue weighted by molar-refractivity contribution is -0.384. The van der Waals surface area contributed by atoms with Crippen molar-refractivity contribution in [2.45, 2.75) is 31.7 Å². The number of nitrogens with two attached hydrogens (primary N) is 1. The Morgan fingerprint density at radius 3 is 2.80 bits per heavy atom. The highest BCUT2D eigenvalue weighted by molar-refractivity contribution is 6.34.